The number of fused-ring (bicyclic) bond motifs is 1. The predicted molar refractivity (Wildman–Crippen MR) is 114 cm³/mol. The van der Waals surface area contributed by atoms with Crippen molar-refractivity contribution in [3.05, 3.63) is 65.0 Å². The van der Waals surface area contributed by atoms with Crippen molar-refractivity contribution in [1.29, 1.82) is 0 Å². The summed E-state index contributed by atoms with van der Waals surface area (Å²) in [5, 5.41) is 0. The molecule has 0 atom stereocenters. The third kappa shape index (κ3) is 5.42. The first kappa shape index (κ1) is 20.5. The lowest BCUT2D eigenvalue weighted by Crippen LogP contribution is -2.19. The van der Waals surface area contributed by atoms with Crippen LogP contribution in [0, 0.1) is 0 Å². The van der Waals surface area contributed by atoms with Crippen LogP contribution in [0.1, 0.15) is 18.9 Å². The second-order valence-corrected chi connectivity index (χ2v) is 7.13. The molecule has 0 bridgehead atoms. The smallest absolute Gasteiger partial charge is 0.307 e. The van der Waals surface area contributed by atoms with Gasteiger partial charge < -0.3 is 14.0 Å². The number of hydrogen-bond donors (Lipinski definition) is 0. The number of nitrogens with zero attached hydrogens (tertiary/aromatic N) is 2. The number of aromatic nitrogens is 1. The molecule has 3 rings (SSSR count). The summed E-state index contributed by atoms with van der Waals surface area (Å²) >= 11 is 1.39. The molecule has 0 saturated carbocycles. The van der Waals surface area contributed by atoms with Crippen LogP contribution in [0.2, 0.25) is 0 Å². The number of aryl methyl sites for hydroxylation is 1. The Hall–Kier alpha value is -3.19. The zero-order valence-electron chi connectivity index (χ0n) is 16.3. The van der Waals surface area contributed by atoms with Crippen molar-refractivity contribution >= 4 is 39.5 Å². The van der Waals surface area contributed by atoms with Crippen LogP contribution in [0.25, 0.3) is 16.3 Å². The topological polar surface area (TPSA) is 69.9 Å². The molecule has 0 radical (unpaired) electrons. The number of carbonyl (C=O) groups excluding carboxylic acids is 2. The predicted octanol–water partition coefficient (Wildman–Crippen LogP) is 3.81. The van der Waals surface area contributed by atoms with Crippen molar-refractivity contribution in [3.63, 3.8) is 0 Å². The van der Waals surface area contributed by atoms with Crippen LogP contribution >= 0.6 is 11.3 Å². The van der Waals surface area contributed by atoms with E-state index in [-0.39, 0.29) is 18.3 Å². The van der Waals surface area contributed by atoms with Crippen molar-refractivity contribution in [3.8, 4) is 5.75 Å². The van der Waals surface area contributed by atoms with Gasteiger partial charge in [0, 0.05) is 18.7 Å². The molecule has 7 heteroatoms. The van der Waals surface area contributed by atoms with Gasteiger partial charge in [0.05, 0.1) is 30.4 Å². The van der Waals surface area contributed by atoms with E-state index in [2.05, 4.69) is 4.99 Å². The third-order valence-electron chi connectivity index (χ3n) is 4.16. The molecule has 0 fully saturated rings. The van der Waals surface area contributed by atoms with Gasteiger partial charge in [0.2, 0.25) is 0 Å². The normalized spacial score (nSPS) is 11.9. The van der Waals surface area contributed by atoms with E-state index < -0.39 is 0 Å². The van der Waals surface area contributed by atoms with E-state index in [0.717, 1.165) is 15.8 Å². The quantitative estimate of drug-likeness (QED) is 0.439. The van der Waals surface area contributed by atoms with E-state index in [4.69, 9.17) is 9.47 Å². The van der Waals surface area contributed by atoms with Crippen molar-refractivity contribution in [2.24, 2.45) is 4.99 Å². The summed E-state index contributed by atoms with van der Waals surface area (Å²) in [5.41, 5.74) is 1.78. The van der Waals surface area contributed by atoms with E-state index in [0.29, 0.717) is 23.7 Å². The zero-order valence-corrected chi connectivity index (χ0v) is 17.1. The van der Waals surface area contributed by atoms with Crippen LogP contribution in [0.5, 0.6) is 5.75 Å². The van der Waals surface area contributed by atoms with Gasteiger partial charge in [-0.15, -0.1) is 0 Å². The zero-order chi connectivity index (χ0) is 20.6. The Bertz CT molecular complexity index is 1100. The van der Waals surface area contributed by atoms with E-state index in [1.54, 1.807) is 20.1 Å². The highest BCUT2D eigenvalue weighted by Crippen LogP contribution is 2.23. The van der Waals surface area contributed by atoms with Gasteiger partial charge in [-0.05, 0) is 30.7 Å². The molecular weight excluding hydrogens is 388 g/mol. The molecule has 0 aliphatic carbocycles. The summed E-state index contributed by atoms with van der Waals surface area (Å²) in [6, 6.07) is 15.2. The molecule has 0 aliphatic rings. The fraction of sp³-hybridized carbons (Fsp3) is 0.227. The number of carbonyl (C=O) groups is 2. The minimum Gasteiger partial charge on any atom is -0.497 e. The monoisotopic (exact) mass is 410 g/mol. The molecule has 0 saturated heterocycles. The maximum absolute atomic E-state index is 12.4. The number of thiazole rings is 1. The maximum atomic E-state index is 12.4. The van der Waals surface area contributed by atoms with Crippen molar-refractivity contribution in [1.82, 2.24) is 4.57 Å². The SMILES string of the molecule is CCOC(=O)CCn1c(=NC(=O)/C=C/c2ccccc2)sc2ccc(OC)cc21. The summed E-state index contributed by atoms with van der Waals surface area (Å²) in [6.45, 7) is 2.47. The van der Waals surface area contributed by atoms with Gasteiger partial charge >= 0.3 is 5.97 Å². The van der Waals surface area contributed by atoms with Crippen LogP contribution in [0.15, 0.2) is 59.6 Å². The number of ether oxygens (including phenoxy) is 2. The van der Waals surface area contributed by atoms with Crippen molar-refractivity contribution < 1.29 is 19.1 Å². The molecule has 0 N–H and O–H groups in total. The highest BCUT2D eigenvalue weighted by molar-refractivity contribution is 7.16. The Kier molecular flexibility index (Phi) is 6.97. The second kappa shape index (κ2) is 9.84. The molecule has 150 valence electrons. The Balaban J connectivity index is 1.95. The summed E-state index contributed by atoms with van der Waals surface area (Å²) < 4.78 is 13.1. The molecule has 1 amide bonds. The van der Waals surface area contributed by atoms with Gasteiger partial charge in [0.15, 0.2) is 4.80 Å². The lowest BCUT2D eigenvalue weighted by Gasteiger charge is -2.06. The molecule has 0 unspecified atom stereocenters. The molecule has 3 aromatic rings. The standard InChI is InChI=1S/C22H22N2O4S/c1-3-28-21(26)13-14-24-18-15-17(27-2)10-11-19(18)29-22(24)23-20(25)12-9-16-7-5-4-6-8-16/h4-12,15H,3,13-14H2,1-2H3/b12-9+,23-22?. The average Bonchev–Trinajstić information content (AvgIpc) is 3.07. The van der Waals surface area contributed by atoms with Crippen LogP contribution in [-0.2, 0) is 20.9 Å². The van der Waals surface area contributed by atoms with Gasteiger partial charge in [-0.3, -0.25) is 9.59 Å². The van der Waals surface area contributed by atoms with E-state index in [9.17, 15) is 9.59 Å². The first-order chi connectivity index (χ1) is 14.1. The molecule has 1 heterocycles. The average molecular weight is 410 g/mol. The Morgan fingerprint density at radius 1 is 1.17 bits per heavy atom. The first-order valence-corrected chi connectivity index (χ1v) is 10.1. The fourth-order valence-electron chi connectivity index (χ4n) is 2.78. The van der Waals surface area contributed by atoms with Crippen LogP contribution in [0.3, 0.4) is 0 Å². The van der Waals surface area contributed by atoms with Crippen LogP contribution in [0.4, 0.5) is 0 Å². The first-order valence-electron chi connectivity index (χ1n) is 9.25. The number of esters is 1. The highest BCUT2D eigenvalue weighted by atomic mass is 32.1. The minimum absolute atomic E-state index is 0.193. The summed E-state index contributed by atoms with van der Waals surface area (Å²) in [7, 11) is 1.60. The molecule has 6 nitrogen and oxygen atoms in total. The van der Waals surface area contributed by atoms with Gasteiger partial charge in [0.25, 0.3) is 5.91 Å². The van der Waals surface area contributed by atoms with E-state index >= 15 is 0 Å². The lowest BCUT2D eigenvalue weighted by molar-refractivity contribution is -0.143. The Morgan fingerprint density at radius 2 is 1.97 bits per heavy atom. The Labute approximate surface area is 172 Å². The molecule has 0 spiro atoms. The molecule has 1 aromatic heterocycles. The molecule has 2 aromatic carbocycles. The van der Waals surface area contributed by atoms with Gasteiger partial charge in [-0.25, -0.2) is 0 Å². The second-order valence-electron chi connectivity index (χ2n) is 6.12. The molecular formula is C22H22N2O4S. The third-order valence-corrected chi connectivity index (χ3v) is 5.22. The molecule has 29 heavy (non-hydrogen) atoms. The molecule has 0 aliphatic heterocycles. The highest BCUT2D eigenvalue weighted by Gasteiger charge is 2.11. The fourth-order valence-corrected chi connectivity index (χ4v) is 3.82. The minimum atomic E-state index is -0.364. The summed E-state index contributed by atoms with van der Waals surface area (Å²) in [6.07, 6.45) is 3.36. The largest absolute Gasteiger partial charge is 0.497 e. The number of methoxy groups -OCH3 is 1. The maximum Gasteiger partial charge on any atom is 0.307 e. The Morgan fingerprint density at radius 3 is 2.69 bits per heavy atom. The number of rotatable bonds is 7. The summed E-state index contributed by atoms with van der Waals surface area (Å²) in [4.78, 5) is 29.0. The van der Waals surface area contributed by atoms with Gasteiger partial charge in [-0.2, -0.15) is 4.99 Å². The van der Waals surface area contributed by atoms with Crippen LogP contribution in [-0.4, -0.2) is 30.2 Å². The lowest BCUT2D eigenvalue weighted by atomic mass is 10.2. The number of hydrogen-bond acceptors (Lipinski definition) is 5. The van der Waals surface area contributed by atoms with E-state index in [1.807, 2.05) is 53.1 Å². The number of amides is 1. The van der Waals surface area contributed by atoms with Crippen molar-refractivity contribution in [2.45, 2.75) is 19.9 Å². The van der Waals surface area contributed by atoms with Crippen molar-refractivity contribution in [2.75, 3.05) is 13.7 Å². The van der Waals surface area contributed by atoms with Crippen LogP contribution < -0.4 is 9.54 Å². The van der Waals surface area contributed by atoms with Gasteiger partial charge in [0.1, 0.15) is 5.75 Å². The van der Waals surface area contributed by atoms with Gasteiger partial charge in [-0.1, -0.05) is 41.7 Å². The summed E-state index contributed by atoms with van der Waals surface area (Å²) in [5.74, 6) is 0.0442. The number of benzene rings is 2. The van der Waals surface area contributed by atoms with E-state index in [1.165, 1.54) is 17.4 Å².